The van der Waals surface area contributed by atoms with E-state index in [1.807, 2.05) is 26.8 Å². The van der Waals surface area contributed by atoms with E-state index in [0.717, 1.165) is 0 Å². The molecular weight excluding hydrogens is 156 g/mol. The van der Waals surface area contributed by atoms with Crippen molar-refractivity contribution in [2.24, 2.45) is 5.41 Å². The minimum Gasteiger partial charge on any atom is -0.0988 e. The fourth-order valence-corrected chi connectivity index (χ4v) is 0.557. The van der Waals surface area contributed by atoms with Crippen LogP contribution in [0.2, 0.25) is 0 Å². The molecule has 0 aromatic carbocycles. The van der Waals surface area contributed by atoms with Gasteiger partial charge in [0.05, 0.1) is 0 Å². The van der Waals surface area contributed by atoms with Crippen LogP contribution < -0.4 is 0 Å². The van der Waals surface area contributed by atoms with E-state index >= 15 is 0 Å². The van der Waals surface area contributed by atoms with Crippen molar-refractivity contribution in [2.75, 3.05) is 0 Å². The quantitative estimate of drug-likeness (QED) is 0.538. The molecule has 0 rings (SSSR count). The summed E-state index contributed by atoms with van der Waals surface area (Å²) in [6, 6.07) is 0. The van der Waals surface area contributed by atoms with Crippen molar-refractivity contribution in [3.8, 4) is 0 Å². The number of rotatable bonds is 2. The Hall–Kier alpha value is -0.780. The number of hydrogen-bond donors (Lipinski definition) is 0. The molecule has 0 spiro atoms. The molecule has 0 nitrogen and oxygen atoms in total. The molecule has 0 aromatic heterocycles. The highest BCUT2D eigenvalue weighted by Gasteiger charge is 2.01. The standard InChI is InChI=1S/C11H18.C2H6/c1-6-10(2)8-7-9-11(3,4)5;1-2/h6-9H,1H2,2-5H3;1-2H3/b9-7+,10-8-;. The molecule has 0 heterocycles. The lowest BCUT2D eigenvalue weighted by molar-refractivity contribution is 0.544. The summed E-state index contributed by atoms with van der Waals surface area (Å²) in [4.78, 5) is 0. The zero-order valence-corrected chi connectivity index (χ0v) is 10.0. The first-order valence-electron chi connectivity index (χ1n) is 4.94. The molecule has 0 bridgehead atoms. The van der Waals surface area contributed by atoms with Gasteiger partial charge >= 0.3 is 0 Å². The van der Waals surface area contributed by atoms with Crippen LogP contribution in [0.3, 0.4) is 0 Å². The van der Waals surface area contributed by atoms with Gasteiger partial charge in [-0.1, -0.05) is 71.1 Å². The van der Waals surface area contributed by atoms with E-state index in [4.69, 9.17) is 0 Å². The van der Waals surface area contributed by atoms with E-state index in [9.17, 15) is 0 Å². The fraction of sp³-hybridized carbons (Fsp3) is 0.538. The Morgan fingerprint density at radius 2 is 1.62 bits per heavy atom. The first-order valence-corrected chi connectivity index (χ1v) is 4.94. The van der Waals surface area contributed by atoms with Crippen molar-refractivity contribution in [1.29, 1.82) is 0 Å². The fourth-order valence-electron chi connectivity index (χ4n) is 0.557. The lowest BCUT2D eigenvalue weighted by Gasteiger charge is -2.09. The number of hydrogen-bond acceptors (Lipinski definition) is 0. The molecule has 0 aromatic rings. The zero-order valence-electron chi connectivity index (χ0n) is 10.0. The third-order valence-electron chi connectivity index (χ3n) is 1.28. The summed E-state index contributed by atoms with van der Waals surface area (Å²) in [7, 11) is 0. The molecule has 0 atom stereocenters. The Labute approximate surface area is 84.1 Å². The molecule has 0 saturated carbocycles. The number of allylic oxidation sites excluding steroid dienone is 5. The Bertz CT molecular complexity index is 175. The molecule has 0 N–H and O–H groups in total. The van der Waals surface area contributed by atoms with Crippen molar-refractivity contribution in [3.05, 3.63) is 36.5 Å². The van der Waals surface area contributed by atoms with Crippen LogP contribution in [-0.2, 0) is 0 Å². The minimum absolute atomic E-state index is 0.276. The van der Waals surface area contributed by atoms with Crippen molar-refractivity contribution in [2.45, 2.75) is 41.5 Å². The van der Waals surface area contributed by atoms with Crippen LogP contribution in [0.15, 0.2) is 36.5 Å². The molecule has 0 heteroatoms. The summed E-state index contributed by atoms with van der Waals surface area (Å²) < 4.78 is 0. The maximum Gasteiger partial charge on any atom is -0.0200 e. The average molecular weight is 180 g/mol. The molecule has 0 unspecified atom stereocenters. The molecule has 0 radical (unpaired) electrons. The van der Waals surface area contributed by atoms with Gasteiger partial charge in [-0.3, -0.25) is 0 Å². The summed E-state index contributed by atoms with van der Waals surface area (Å²) in [5.41, 5.74) is 1.48. The van der Waals surface area contributed by atoms with E-state index in [1.54, 1.807) is 0 Å². The highest BCUT2D eigenvalue weighted by Crippen LogP contribution is 2.14. The zero-order chi connectivity index (χ0) is 10.9. The van der Waals surface area contributed by atoms with Gasteiger partial charge in [0, 0.05) is 0 Å². The van der Waals surface area contributed by atoms with Crippen molar-refractivity contribution >= 4 is 0 Å². The van der Waals surface area contributed by atoms with Gasteiger partial charge in [-0.2, -0.15) is 0 Å². The second-order valence-electron chi connectivity index (χ2n) is 3.84. The monoisotopic (exact) mass is 180 g/mol. The van der Waals surface area contributed by atoms with Gasteiger partial charge in [-0.25, -0.2) is 0 Å². The Balaban J connectivity index is 0. The van der Waals surface area contributed by atoms with Gasteiger partial charge in [-0.15, -0.1) is 0 Å². The van der Waals surface area contributed by atoms with E-state index in [-0.39, 0.29) is 5.41 Å². The van der Waals surface area contributed by atoms with Crippen LogP contribution in [0, 0.1) is 5.41 Å². The topological polar surface area (TPSA) is 0 Å². The normalized spacial score (nSPS) is 12.3. The molecule has 0 fully saturated rings. The smallest absolute Gasteiger partial charge is 0.0200 e. The lowest BCUT2D eigenvalue weighted by Crippen LogP contribution is -1.97. The van der Waals surface area contributed by atoms with Gasteiger partial charge in [0.25, 0.3) is 0 Å². The maximum atomic E-state index is 3.67. The molecule has 0 saturated heterocycles. The van der Waals surface area contributed by atoms with E-state index in [1.165, 1.54) is 5.57 Å². The summed E-state index contributed by atoms with van der Waals surface area (Å²) in [6.07, 6.45) is 8.18. The van der Waals surface area contributed by atoms with Gasteiger partial charge in [0.2, 0.25) is 0 Å². The Morgan fingerprint density at radius 1 is 1.15 bits per heavy atom. The minimum atomic E-state index is 0.276. The second kappa shape index (κ2) is 7.85. The summed E-state index contributed by atoms with van der Waals surface area (Å²) in [6.45, 7) is 16.3. The van der Waals surface area contributed by atoms with Crippen molar-refractivity contribution in [1.82, 2.24) is 0 Å². The van der Waals surface area contributed by atoms with Crippen molar-refractivity contribution in [3.63, 3.8) is 0 Å². The maximum absolute atomic E-state index is 3.67. The molecular formula is C13H24. The predicted molar refractivity (Wildman–Crippen MR) is 63.9 cm³/mol. The molecule has 0 aliphatic heterocycles. The molecule has 13 heavy (non-hydrogen) atoms. The van der Waals surface area contributed by atoms with Crippen LogP contribution in [0.1, 0.15) is 41.5 Å². The SMILES string of the molecule is C=C/C(C)=C\C=C\C(C)(C)C.CC. The van der Waals surface area contributed by atoms with Gasteiger partial charge in [-0.05, 0) is 12.3 Å². The highest BCUT2D eigenvalue weighted by atomic mass is 14.1. The van der Waals surface area contributed by atoms with Gasteiger partial charge < -0.3 is 0 Å². The average Bonchev–Trinajstić information content (AvgIpc) is 2.05. The Morgan fingerprint density at radius 3 is 1.92 bits per heavy atom. The second-order valence-corrected chi connectivity index (χ2v) is 3.84. The van der Waals surface area contributed by atoms with E-state index < -0.39 is 0 Å². The van der Waals surface area contributed by atoms with Crippen LogP contribution in [-0.4, -0.2) is 0 Å². The van der Waals surface area contributed by atoms with Gasteiger partial charge in [0.1, 0.15) is 0 Å². The van der Waals surface area contributed by atoms with E-state index in [2.05, 4.69) is 45.6 Å². The summed E-state index contributed by atoms with van der Waals surface area (Å²) >= 11 is 0. The van der Waals surface area contributed by atoms with Crippen molar-refractivity contribution < 1.29 is 0 Å². The molecule has 0 aliphatic carbocycles. The largest absolute Gasteiger partial charge is 0.0988 e. The lowest BCUT2D eigenvalue weighted by atomic mass is 9.96. The van der Waals surface area contributed by atoms with Crippen LogP contribution in [0.4, 0.5) is 0 Å². The third-order valence-corrected chi connectivity index (χ3v) is 1.28. The third kappa shape index (κ3) is 14.1. The summed E-state index contributed by atoms with van der Waals surface area (Å²) in [5, 5.41) is 0. The van der Waals surface area contributed by atoms with E-state index in [0.29, 0.717) is 0 Å². The van der Waals surface area contributed by atoms with Crippen LogP contribution >= 0.6 is 0 Å². The molecule has 0 aliphatic rings. The van der Waals surface area contributed by atoms with Gasteiger partial charge in [0.15, 0.2) is 0 Å². The molecule has 76 valence electrons. The van der Waals surface area contributed by atoms with Crippen LogP contribution in [0.25, 0.3) is 0 Å². The first kappa shape index (κ1) is 14.7. The Kier molecular flexibility index (Phi) is 8.89. The predicted octanol–water partition coefficient (Wildman–Crippen LogP) is 4.75. The molecule has 0 amide bonds. The highest BCUT2D eigenvalue weighted by molar-refractivity contribution is 5.20. The first-order chi connectivity index (χ1) is 5.95. The van der Waals surface area contributed by atoms with Crippen LogP contribution in [0.5, 0.6) is 0 Å². The summed E-state index contributed by atoms with van der Waals surface area (Å²) in [5.74, 6) is 0.